The van der Waals surface area contributed by atoms with Gasteiger partial charge in [0.25, 0.3) is 11.8 Å². The van der Waals surface area contributed by atoms with Gasteiger partial charge in [0.05, 0.1) is 11.9 Å². The molecule has 190 valence electrons. The van der Waals surface area contributed by atoms with Crippen molar-refractivity contribution in [3.8, 4) is 22.7 Å². The summed E-state index contributed by atoms with van der Waals surface area (Å²) in [7, 11) is 0. The van der Waals surface area contributed by atoms with Crippen molar-refractivity contribution in [2.24, 2.45) is 0 Å². The van der Waals surface area contributed by atoms with Crippen LogP contribution in [0.15, 0.2) is 71.3 Å². The fourth-order valence-corrected chi connectivity index (χ4v) is 3.80. The van der Waals surface area contributed by atoms with Gasteiger partial charge in [0.15, 0.2) is 6.04 Å². The highest BCUT2D eigenvalue weighted by molar-refractivity contribution is 5.96. The van der Waals surface area contributed by atoms with Gasteiger partial charge in [-0.1, -0.05) is 56.3 Å². The van der Waals surface area contributed by atoms with Crippen molar-refractivity contribution < 1.29 is 23.9 Å². The van der Waals surface area contributed by atoms with E-state index in [4.69, 9.17) is 4.42 Å². The van der Waals surface area contributed by atoms with Gasteiger partial charge < -0.3 is 20.2 Å². The second kappa shape index (κ2) is 11.3. The molecule has 0 saturated heterocycles. The lowest BCUT2D eigenvalue weighted by Crippen LogP contribution is -2.33. The zero-order valence-corrected chi connectivity index (χ0v) is 20.4. The average molecular weight is 502 g/mol. The summed E-state index contributed by atoms with van der Waals surface area (Å²) in [6.45, 7) is 4.01. The number of rotatable bonds is 10. The first kappa shape index (κ1) is 25.4. The predicted molar refractivity (Wildman–Crippen MR) is 136 cm³/mol. The molecule has 1 atom stereocenters. The van der Waals surface area contributed by atoms with Crippen LogP contribution in [-0.4, -0.2) is 44.1 Å². The normalized spacial score (nSPS) is 11.8. The van der Waals surface area contributed by atoms with Crippen LogP contribution in [-0.2, 0) is 4.79 Å². The fourth-order valence-electron chi connectivity index (χ4n) is 3.80. The van der Waals surface area contributed by atoms with E-state index < -0.39 is 17.9 Å². The lowest BCUT2D eigenvalue weighted by atomic mass is 10.1. The van der Waals surface area contributed by atoms with Crippen LogP contribution in [0.4, 0.5) is 0 Å². The number of carbonyl (C=O) groups excluding carboxylic acids is 2. The van der Waals surface area contributed by atoms with Crippen molar-refractivity contribution in [2.75, 3.05) is 0 Å². The summed E-state index contributed by atoms with van der Waals surface area (Å²) in [5.74, 6) is -1.70. The van der Waals surface area contributed by atoms with E-state index >= 15 is 0 Å². The second-order valence-corrected chi connectivity index (χ2v) is 8.42. The number of amides is 2. The molecule has 10 heteroatoms. The number of carboxylic acid groups (broad SMARTS) is 1. The molecule has 10 nitrogen and oxygen atoms in total. The van der Waals surface area contributed by atoms with Gasteiger partial charge in [-0.3, -0.25) is 14.7 Å². The molecule has 2 aromatic carbocycles. The smallest absolute Gasteiger partial charge is 0.330 e. The van der Waals surface area contributed by atoms with Gasteiger partial charge in [0.1, 0.15) is 5.69 Å². The van der Waals surface area contributed by atoms with E-state index in [2.05, 4.69) is 25.8 Å². The molecule has 0 aliphatic rings. The average Bonchev–Trinajstić information content (AvgIpc) is 3.61. The maximum atomic E-state index is 12.7. The molecule has 0 fully saturated rings. The standard InChI is InChI=1S/C27H27N5O5/c1-3-19(4-2)29-25(34)22-15-28-26(37-22)18-12-8-11-17(13-18)20-14-21(32-31-20)24(33)30-23(27(35)36)16-9-6-5-7-10-16/h5-15,19,23H,3-4H2,1-2H3,(H,29,34)(H,30,33)(H,31,32)(H,35,36). The Morgan fingerprint density at radius 1 is 0.946 bits per heavy atom. The highest BCUT2D eigenvalue weighted by atomic mass is 16.4. The van der Waals surface area contributed by atoms with Crippen molar-refractivity contribution in [1.29, 1.82) is 0 Å². The molecule has 0 aliphatic heterocycles. The van der Waals surface area contributed by atoms with Crippen LogP contribution < -0.4 is 10.6 Å². The number of nitrogens with zero attached hydrogens (tertiary/aromatic N) is 2. The molecule has 2 aromatic heterocycles. The number of nitrogens with one attached hydrogen (secondary N) is 3. The number of carboxylic acids is 1. The first-order valence-corrected chi connectivity index (χ1v) is 11.9. The Morgan fingerprint density at radius 3 is 2.38 bits per heavy atom. The number of aromatic amines is 1. The molecule has 4 N–H and O–H groups in total. The molecule has 4 rings (SSSR count). The summed E-state index contributed by atoms with van der Waals surface area (Å²) in [4.78, 5) is 41.1. The van der Waals surface area contributed by atoms with E-state index in [9.17, 15) is 19.5 Å². The highest BCUT2D eigenvalue weighted by Gasteiger charge is 2.24. The highest BCUT2D eigenvalue weighted by Crippen LogP contribution is 2.26. The topological polar surface area (TPSA) is 150 Å². The molecule has 37 heavy (non-hydrogen) atoms. The van der Waals surface area contributed by atoms with Crippen molar-refractivity contribution in [3.05, 3.63) is 83.9 Å². The quantitative estimate of drug-likeness (QED) is 0.254. The number of H-pyrrole nitrogens is 1. The largest absolute Gasteiger partial charge is 0.479 e. The Kier molecular flexibility index (Phi) is 7.77. The van der Waals surface area contributed by atoms with Crippen LogP contribution in [0.1, 0.15) is 59.3 Å². The number of aliphatic carboxylic acids is 1. The van der Waals surface area contributed by atoms with Crippen LogP contribution in [0.5, 0.6) is 0 Å². The summed E-state index contributed by atoms with van der Waals surface area (Å²) in [5.41, 5.74) is 2.33. The van der Waals surface area contributed by atoms with E-state index in [0.717, 1.165) is 12.8 Å². The summed E-state index contributed by atoms with van der Waals surface area (Å²) < 4.78 is 5.69. The maximum Gasteiger partial charge on any atom is 0.330 e. The molecule has 4 aromatic rings. The summed E-state index contributed by atoms with van der Waals surface area (Å²) in [6.07, 6.45) is 3.03. The zero-order chi connectivity index (χ0) is 26.4. The van der Waals surface area contributed by atoms with Gasteiger partial charge in [0.2, 0.25) is 11.7 Å². The summed E-state index contributed by atoms with van der Waals surface area (Å²) >= 11 is 0. The molecule has 1 unspecified atom stereocenters. The van der Waals surface area contributed by atoms with Crippen molar-refractivity contribution >= 4 is 17.8 Å². The number of hydrogen-bond donors (Lipinski definition) is 4. The van der Waals surface area contributed by atoms with Crippen LogP contribution in [0.3, 0.4) is 0 Å². The van der Waals surface area contributed by atoms with E-state index in [1.54, 1.807) is 54.6 Å². The number of oxazole rings is 1. The summed E-state index contributed by atoms with van der Waals surface area (Å²) in [5, 5.41) is 21.9. The van der Waals surface area contributed by atoms with Gasteiger partial charge in [-0.05, 0) is 36.6 Å². The van der Waals surface area contributed by atoms with E-state index in [0.29, 0.717) is 22.4 Å². The molecule has 0 spiro atoms. The Morgan fingerprint density at radius 2 is 1.68 bits per heavy atom. The lowest BCUT2D eigenvalue weighted by Gasteiger charge is -2.14. The van der Waals surface area contributed by atoms with Crippen molar-refractivity contribution in [1.82, 2.24) is 25.8 Å². The van der Waals surface area contributed by atoms with Crippen LogP contribution in [0.2, 0.25) is 0 Å². The number of carbonyl (C=O) groups is 3. The van der Waals surface area contributed by atoms with Crippen LogP contribution in [0.25, 0.3) is 22.7 Å². The first-order chi connectivity index (χ1) is 17.9. The first-order valence-electron chi connectivity index (χ1n) is 11.9. The number of hydrogen-bond acceptors (Lipinski definition) is 6. The fraction of sp³-hybridized carbons (Fsp3) is 0.222. The van der Waals surface area contributed by atoms with Gasteiger partial charge in [-0.2, -0.15) is 5.10 Å². The molecule has 0 aliphatic carbocycles. The number of benzene rings is 2. The third-order valence-corrected chi connectivity index (χ3v) is 5.93. The van der Waals surface area contributed by atoms with Crippen LogP contribution in [0, 0.1) is 0 Å². The van der Waals surface area contributed by atoms with Crippen LogP contribution >= 0.6 is 0 Å². The van der Waals surface area contributed by atoms with E-state index in [1.165, 1.54) is 12.3 Å². The van der Waals surface area contributed by atoms with E-state index in [1.807, 2.05) is 13.8 Å². The molecular formula is C27H27N5O5. The minimum Gasteiger partial charge on any atom is -0.479 e. The van der Waals surface area contributed by atoms with Gasteiger partial charge in [-0.25, -0.2) is 9.78 Å². The Balaban J connectivity index is 1.49. The minimum atomic E-state index is -1.20. The zero-order valence-electron chi connectivity index (χ0n) is 20.4. The molecule has 0 saturated carbocycles. The Hall–Kier alpha value is -4.73. The van der Waals surface area contributed by atoms with Crippen molar-refractivity contribution in [2.45, 2.75) is 38.8 Å². The van der Waals surface area contributed by atoms with E-state index in [-0.39, 0.29) is 29.3 Å². The number of aromatic nitrogens is 3. The second-order valence-electron chi connectivity index (χ2n) is 8.42. The lowest BCUT2D eigenvalue weighted by molar-refractivity contribution is -0.139. The third kappa shape index (κ3) is 5.92. The predicted octanol–water partition coefficient (Wildman–Crippen LogP) is 4.21. The SMILES string of the molecule is CCC(CC)NC(=O)c1cnc(-c2cccc(-c3cc(C(=O)NC(C(=O)O)c4ccccc4)[nH]n3)c2)o1. The minimum absolute atomic E-state index is 0.0638. The Labute approximate surface area is 213 Å². The summed E-state index contributed by atoms with van der Waals surface area (Å²) in [6, 6.07) is 16.0. The molecule has 2 amide bonds. The van der Waals surface area contributed by atoms with Gasteiger partial charge in [0, 0.05) is 17.2 Å². The monoisotopic (exact) mass is 501 g/mol. The molecule has 2 heterocycles. The Bertz CT molecular complexity index is 1390. The van der Waals surface area contributed by atoms with Gasteiger partial charge >= 0.3 is 5.97 Å². The third-order valence-electron chi connectivity index (χ3n) is 5.93. The molecular weight excluding hydrogens is 474 g/mol. The maximum absolute atomic E-state index is 12.7. The van der Waals surface area contributed by atoms with Gasteiger partial charge in [-0.15, -0.1) is 0 Å². The molecule has 0 radical (unpaired) electrons. The van der Waals surface area contributed by atoms with Crippen molar-refractivity contribution in [3.63, 3.8) is 0 Å². The molecule has 0 bridgehead atoms.